The van der Waals surface area contributed by atoms with Crippen LogP contribution >= 0.6 is 0 Å². The largest absolute Gasteiger partial charge is 0.475 e. The number of rotatable bonds is 3. The maximum Gasteiger partial charge on any atom is 0.218 e. The topological polar surface area (TPSA) is 58.8 Å². The van der Waals surface area contributed by atoms with Gasteiger partial charge in [-0.3, -0.25) is 0 Å². The van der Waals surface area contributed by atoms with Crippen molar-refractivity contribution < 1.29 is 4.74 Å². The first-order valence-electron chi connectivity index (χ1n) is 4.60. The molecule has 0 aliphatic carbocycles. The first-order valence-corrected chi connectivity index (χ1v) is 4.60. The fourth-order valence-electron chi connectivity index (χ4n) is 0.990. The zero-order valence-corrected chi connectivity index (χ0v) is 8.61. The van der Waals surface area contributed by atoms with E-state index in [-0.39, 0.29) is 6.10 Å². The van der Waals surface area contributed by atoms with Crippen LogP contribution in [0, 0.1) is 11.3 Å². The summed E-state index contributed by atoms with van der Waals surface area (Å²) < 4.78 is 5.40. The van der Waals surface area contributed by atoms with Crippen molar-refractivity contribution in [3.05, 3.63) is 17.6 Å². The molecule has 1 aromatic rings. The van der Waals surface area contributed by atoms with Crippen molar-refractivity contribution in [2.75, 3.05) is 0 Å². The van der Waals surface area contributed by atoms with Crippen LogP contribution in [0.5, 0.6) is 5.88 Å². The fraction of sp³-hybridized carbons (Fsp3) is 0.500. The summed E-state index contributed by atoms with van der Waals surface area (Å²) in [6.45, 7) is 5.77. The zero-order valence-electron chi connectivity index (χ0n) is 8.61. The van der Waals surface area contributed by atoms with Gasteiger partial charge in [0.15, 0.2) is 0 Å². The van der Waals surface area contributed by atoms with Gasteiger partial charge in [-0.25, -0.2) is 4.98 Å². The van der Waals surface area contributed by atoms with Crippen molar-refractivity contribution in [2.24, 2.45) is 0 Å². The number of aromatic nitrogens is 2. The molecule has 0 spiro atoms. The van der Waals surface area contributed by atoms with E-state index in [1.54, 1.807) is 6.07 Å². The summed E-state index contributed by atoms with van der Waals surface area (Å²) in [5.41, 5.74) is 0.354. The van der Waals surface area contributed by atoms with Gasteiger partial charge in [0.1, 0.15) is 17.6 Å². The van der Waals surface area contributed by atoms with Crippen molar-refractivity contribution in [2.45, 2.75) is 33.3 Å². The maximum absolute atomic E-state index is 8.72. The van der Waals surface area contributed by atoms with Gasteiger partial charge in [0, 0.05) is 12.5 Å². The number of hydrogen-bond donors (Lipinski definition) is 0. The molecule has 0 aliphatic heterocycles. The first-order chi connectivity index (χ1) is 6.65. The molecule has 0 fully saturated rings. The van der Waals surface area contributed by atoms with Crippen LogP contribution in [0.25, 0.3) is 0 Å². The van der Waals surface area contributed by atoms with Crippen LogP contribution in [0.4, 0.5) is 0 Å². The van der Waals surface area contributed by atoms with Crippen LogP contribution in [-0.4, -0.2) is 16.1 Å². The van der Waals surface area contributed by atoms with E-state index >= 15 is 0 Å². The fourth-order valence-corrected chi connectivity index (χ4v) is 0.990. The van der Waals surface area contributed by atoms with Crippen LogP contribution in [0.2, 0.25) is 0 Å². The maximum atomic E-state index is 8.72. The van der Waals surface area contributed by atoms with E-state index in [4.69, 9.17) is 10.00 Å². The Hall–Kier alpha value is -1.63. The number of nitriles is 1. The van der Waals surface area contributed by atoms with E-state index in [1.165, 1.54) is 0 Å². The summed E-state index contributed by atoms with van der Waals surface area (Å²) in [6, 6.07) is 3.54. The average molecular weight is 191 g/mol. The minimum absolute atomic E-state index is 0.0566. The van der Waals surface area contributed by atoms with E-state index < -0.39 is 0 Å². The summed E-state index contributed by atoms with van der Waals surface area (Å²) in [6.07, 6.45) is 0.755. The van der Waals surface area contributed by atoms with Crippen LogP contribution in [0.3, 0.4) is 0 Å². The van der Waals surface area contributed by atoms with Crippen LogP contribution in [-0.2, 0) is 6.42 Å². The third-order valence-electron chi connectivity index (χ3n) is 1.54. The van der Waals surface area contributed by atoms with Gasteiger partial charge in [0.05, 0.1) is 6.10 Å². The monoisotopic (exact) mass is 191 g/mol. The molecule has 0 aromatic carbocycles. The molecular formula is C10H13N3O. The molecule has 0 atom stereocenters. The zero-order chi connectivity index (χ0) is 10.6. The molecule has 0 unspecified atom stereocenters. The van der Waals surface area contributed by atoms with E-state index in [9.17, 15) is 0 Å². The molecule has 14 heavy (non-hydrogen) atoms. The molecule has 1 aromatic heterocycles. The average Bonchev–Trinajstić information content (AvgIpc) is 2.16. The standard InChI is InChI=1S/C10H13N3O/c1-4-9-12-8(6-11)5-10(13-9)14-7(2)3/h5,7H,4H2,1-3H3. The van der Waals surface area contributed by atoms with E-state index in [2.05, 4.69) is 9.97 Å². The minimum atomic E-state index is 0.0566. The number of aryl methyl sites for hydroxylation is 1. The molecule has 0 amide bonds. The second-order valence-corrected chi connectivity index (χ2v) is 3.14. The molecule has 1 rings (SSSR count). The Morgan fingerprint density at radius 2 is 2.21 bits per heavy atom. The molecule has 74 valence electrons. The van der Waals surface area contributed by atoms with Gasteiger partial charge in [0.25, 0.3) is 0 Å². The molecule has 0 N–H and O–H groups in total. The van der Waals surface area contributed by atoms with Gasteiger partial charge in [-0.15, -0.1) is 0 Å². The second kappa shape index (κ2) is 4.56. The Bertz CT molecular complexity index is 355. The van der Waals surface area contributed by atoms with Gasteiger partial charge in [0.2, 0.25) is 5.88 Å². The van der Waals surface area contributed by atoms with Gasteiger partial charge >= 0.3 is 0 Å². The highest BCUT2D eigenvalue weighted by Crippen LogP contribution is 2.11. The summed E-state index contributed by atoms with van der Waals surface area (Å²) in [7, 11) is 0. The molecular weight excluding hydrogens is 178 g/mol. The van der Waals surface area contributed by atoms with Crippen molar-refractivity contribution in [1.82, 2.24) is 9.97 Å². The molecule has 4 nitrogen and oxygen atoms in total. The normalized spacial score (nSPS) is 9.93. The highest BCUT2D eigenvalue weighted by molar-refractivity contribution is 5.26. The van der Waals surface area contributed by atoms with Crippen LogP contribution < -0.4 is 4.74 Å². The Labute approximate surface area is 83.6 Å². The minimum Gasteiger partial charge on any atom is -0.475 e. The summed E-state index contributed by atoms with van der Waals surface area (Å²) in [4.78, 5) is 8.18. The van der Waals surface area contributed by atoms with Gasteiger partial charge < -0.3 is 4.74 Å². The number of hydrogen-bond acceptors (Lipinski definition) is 4. The number of ether oxygens (including phenoxy) is 1. The van der Waals surface area contributed by atoms with Gasteiger partial charge in [-0.05, 0) is 13.8 Å². The third kappa shape index (κ3) is 2.70. The highest BCUT2D eigenvalue weighted by Gasteiger charge is 2.05. The molecule has 0 radical (unpaired) electrons. The summed E-state index contributed by atoms with van der Waals surface area (Å²) >= 11 is 0. The van der Waals surface area contributed by atoms with E-state index in [1.807, 2.05) is 26.8 Å². The van der Waals surface area contributed by atoms with Crippen molar-refractivity contribution >= 4 is 0 Å². The summed E-state index contributed by atoms with van der Waals surface area (Å²) in [5.74, 6) is 1.11. The lowest BCUT2D eigenvalue weighted by Crippen LogP contribution is -2.09. The van der Waals surface area contributed by atoms with Gasteiger partial charge in [-0.2, -0.15) is 10.2 Å². The molecule has 0 bridgehead atoms. The lowest BCUT2D eigenvalue weighted by Gasteiger charge is -2.09. The van der Waals surface area contributed by atoms with Crippen molar-refractivity contribution in [3.63, 3.8) is 0 Å². The molecule has 1 heterocycles. The molecule has 0 saturated carbocycles. The first kappa shape index (κ1) is 10.5. The Morgan fingerprint density at radius 1 is 1.50 bits per heavy atom. The quantitative estimate of drug-likeness (QED) is 0.729. The lowest BCUT2D eigenvalue weighted by molar-refractivity contribution is 0.231. The van der Waals surface area contributed by atoms with Crippen molar-refractivity contribution in [1.29, 1.82) is 5.26 Å². The predicted octanol–water partition coefficient (Wildman–Crippen LogP) is 1.70. The Kier molecular flexibility index (Phi) is 3.41. The lowest BCUT2D eigenvalue weighted by atomic mass is 10.3. The Balaban J connectivity index is 3.00. The molecule has 0 saturated heterocycles. The van der Waals surface area contributed by atoms with Gasteiger partial charge in [-0.1, -0.05) is 6.92 Å². The van der Waals surface area contributed by atoms with E-state index in [0.29, 0.717) is 23.8 Å². The molecule has 0 aliphatic rings. The SMILES string of the molecule is CCc1nc(C#N)cc(OC(C)C)n1. The summed E-state index contributed by atoms with van der Waals surface area (Å²) in [5, 5.41) is 8.72. The highest BCUT2D eigenvalue weighted by atomic mass is 16.5. The van der Waals surface area contributed by atoms with Crippen LogP contribution in [0.1, 0.15) is 32.3 Å². The van der Waals surface area contributed by atoms with Crippen molar-refractivity contribution in [3.8, 4) is 11.9 Å². The number of nitrogens with zero attached hydrogens (tertiary/aromatic N) is 3. The Morgan fingerprint density at radius 3 is 2.71 bits per heavy atom. The third-order valence-corrected chi connectivity index (χ3v) is 1.54. The van der Waals surface area contributed by atoms with Crippen LogP contribution in [0.15, 0.2) is 6.07 Å². The smallest absolute Gasteiger partial charge is 0.218 e. The predicted molar refractivity (Wildman–Crippen MR) is 51.9 cm³/mol. The second-order valence-electron chi connectivity index (χ2n) is 3.14. The van der Waals surface area contributed by atoms with E-state index in [0.717, 1.165) is 0 Å². The molecule has 4 heteroatoms.